The van der Waals surface area contributed by atoms with E-state index in [1.54, 1.807) is 42.5 Å². The highest BCUT2D eigenvalue weighted by Crippen LogP contribution is 2.65. The minimum absolute atomic E-state index is 0.0283. The minimum atomic E-state index is -1.57. The maximum Gasteiger partial charge on any atom is 0.285 e. The Morgan fingerprint density at radius 3 is 2.31 bits per heavy atom. The fourth-order valence-corrected chi connectivity index (χ4v) is 7.11. The molecule has 0 saturated carbocycles. The molecule has 0 fully saturated rings. The number of phenols is 5. The Labute approximate surface area is 239 Å². The summed E-state index contributed by atoms with van der Waals surface area (Å²) in [4.78, 5) is 0. The molecule has 42 heavy (non-hydrogen) atoms. The molecule has 0 saturated heterocycles. The van der Waals surface area contributed by atoms with E-state index in [2.05, 4.69) is 13.0 Å². The van der Waals surface area contributed by atoms with Crippen LogP contribution in [0.5, 0.6) is 40.2 Å². The molecule has 5 aromatic rings. The van der Waals surface area contributed by atoms with E-state index < -0.39 is 11.7 Å². The number of rotatable bonds is 2. The fraction of sp³-hybridized carbons (Fsp3) is 0.176. The lowest BCUT2D eigenvalue weighted by Crippen LogP contribution is -2.56. The Morgan fingerprint density at radius 1 is 0.738 bits per heavy atom. The fourth-order valence-electron chi connectivity index (χ4n) is 7.11. The first-order valence-corrected chi connectivity index (χ1v) is 13.7. The smallest absolute Gasteiger partial charge is 0.285 e. The zero-order valence-corrected chi connectivity index (χ0v) is 22.4. The van der Waals surface area contributed by atoms with Crippen LogP contribution in [0.15, 0.2) is 88.9 Å². The third kappa shape index (κ3) is 3.41. The van der Waals surface area contributed by atoms with Crippen molar-refractivity contribution in [1.29, 1.82) is 0 Å². The lowest BCUT2D eigenvalue weighted by molar-refractivity contribution is -0.198. The lowest BCUT2D eigenvalue weighted by atomic mass is 9.61. The van der Waals surface area contributed by atoms with Gasteiger partial charge in [-0.1, -0.05) is 17.7 Å². The van der Waals surface area contributed by atoms with Crippen molar-refractivity contribution in [2.75, 3.05) is 0 Å². The largest absolute Gasteiger partial charge is 0.508 e. The second kappa shape index (κ2) is 8.39. The number of hydrogen-bond donors (Lipinski definition) is 5. The van der Waals surface area contributed by atoms with Gasteiger partial charge in [0.1, 0.15) is 51.6 Å². The number of phenolic OH excluding ortho intramolecular Hbond substituents is 5. The number of hydrogen-bond acceptors (Lipinski definition) is 8. The highest BCUT2D eigenvalue weighted by atomic mass is 16.7. The molecule has 210 valence electrons. The molecule has 5 N–H and O–H groups in total. The molecule has 8 heteroatoms. The first kappa shape index (κ1) is 24.5. The van der Waals surface area contributed by atoms with Crippen molar-refractivity contribution in [2.24, 2.45) is 5.92 Å². The van der Waals surface area contributed by atoms with E-state index in [0.29, 0.717) is 46.0 Å². The van der Waals surface area contributed by atoms with Gasteiger partial charge < -0.3 is 39.4 Å². The molecule has 1 aliphatic carbocycles. The average Bonchev–Trinajstić information content (AvgIpc) is 3.35. The number of ether oxygens (including phenoxy) is 2. The molecule has 0 unspecified atom stereocenters. The van der Waals surface area contributed by atoms with Crippen molar-refractivity contribution in [3.63, 3.8) is 0 Å². The SMILES string of the molecule is CC1=C[C@@H]2c3c(O)cc(-c4cc5ccc(O)cc5o4)cc3O[C@@]3(c4ccc(O)cc4O)Oc4cc(O)ccc4[C@@H](C1)[C@H]23. The van der Waals surface area contributed by atoms with Gasteiger partial charge in [-0.2, -0.15) is 0 Å². The molecule has 8 nitrogen and oxygen atoms in total. The Morgan fingerprint density at radius 2 is 1.48 bits per heavy atom. The van der Waals surface area contributed by atoms with Crippen LogP contribution in [-0.2, 0) is 5.79 Å². The summed E-state index contributed by atoms with van der Waals surface area (Å²) in [6.07, 6.45) is 2.80. The number of furan rings is 1. The van der Waals surface area contributed by atoms with E-state index in [-0.39, 0.29) is 40.6 Å². The number of allylic oxidation sites excluding steroid dienone is 2. The summed E-state index contributed by atoms with van der Waals surface area (Å²) >= 11 is 0. The predicted molar refractivity (Wildman–Crippen MR) is 153 cm³/mol. The zero-order chi connectivity index (χ0) is 28.9. The minimum Gasteiger partial charge on any atom is -0.508 e. The number of fused-ring (bicyclic) bond motifs is 5. The third-order valence-electron chi connectivity index (χ3n) is 8.78. The van der Waals surface area contributed by atoms with Gasteiger partial charge in [0.05, 0.1) is 11.5 Å². The van der Waals surface area contributed by atoms with Crippen molar-refractivity contribution >= 4 is 11.0 Å². The maximum absolute atomic E-state index is 11.5. The molecule has 3 heterocycles. The van der Waals surface area contributed by atoms with Crippen LogP contribution in [0.2, 0.25) is 0 Å². The average molecular weight is 563 g/mol. The monoisotopic (exact) mass is 562 g/mol. The highest BCUT2D eigenvalue weighted by molar-refractivity contribution is 5.84. The van der Waals surface area contributed by atoms with Gasteiger partial charge in [0.25, 0.3) is 5.79 Å². The molecular formula is C34H26O8. The molecule has 2 aliphatic heterocycles. The van der Waals surface area contributed by atoms with Crippen LogP contribution in [0, 0.1) is 5.92 Å². The maximum atomic E-state index is 11.5. The molecule has 0 amide bonds. The van der Waals surface area contributed by atoms with Gasteiger partial charge in [0.2, 0.25) is 0 Å². The van der Waals surface area contributed by atoms with Gasteiger partial charge in [-0.3, -0.25) is 0 Å². The second-order valence-electron chi connectivity index (χ2n) is 11.4. The summed E-state index contributed by atoms with van der Waals surface area (Å²) in [6.45, 7) is 2.05. The Bertz CT molecular complexity index is 1970. The highest BCUT2D eigenvalue weighted by Gasteiger charge is 2.61. The molecule has 4 atom stereocenters. The van der Waals surface area contributed by atoms with Crippen LogP contribution < -0.4 is 9.47 Å². The van der Waals surface area contributed by atoms with E-state index in [0.717, 1.165) is 16.5 Å². The van der Waals surface area contributed by atoms with Crippen LogP contribution in [0.25, 0.3) is 22.3 Å². The summed E-state index contributed by atoms with van der Waals surface area (Å²) in [5.74, 6) is -1.40. The number of aromatic hydroxyl groups is 5. The van der Waals surface area contributed by atoms with Gasteiger partial charge in [0.15, 0.2) is 0 Å². The van der Waals surface area contributed by atoms with Crippen LogP contribution >= 0.6 is 0 Å². The van der Waals surface area contributed by atoms with Crippen LogP contribution in [-0.4, -0.2) is 25.5 Å². The molecule has 4 aromatic carbocycles. The van der Waals surface area contributed by atoms with E-state index in [9.17, 15) is 25.5 Å². The first-order valence-electron chi connectivity index (χ1n) is 13.7. The molecule has 8 rings (SSSR count). The standard InChI is InChI=1S/C34H26O8/c1-16-8-23-22-6-4-21(37)15-30(22)41-34(25-7-5-19(35)13-26(25)38)33(23)24(9-16)32-27(39)10-18(12-31(32)42-34)28-11-17-2-3-20(36)14-29(17)40-28/h2-7,9-15,23-24,33,35-39H,8H2,1H3/t23-,24-,33-,34-/m1/s1. The third-order valence-corrected chi connectivity index (χ3v) is 8.78. The summed E-state index contributed by atoms with van der Waals surface area (Å²) in [7, 11) is 0. The van der Waals surface area contributed by atoms with Gasteiger partial charge in [-0.15, -0.1) is 0 Å². The second-order valence-corrected chi connectivity index (χ2v) is 11.4. The predicted octanol–water partition coefficient (Wildman–Crippen LogP) is 7.10. The summed E-state index contributed by atoms with van der Waals surface area (Å²) in [5.41, 5.74) is 3.98. The van der Waals surface area contributed by atoms with E-state index >= 15 is 0 Å². The first-order chi connectivity index (χ1) is 20.2. The molecule has 0 bridgehead atoms. The van der Waals surface area contributed by atoms with E-state index in [4.69, 9.17) is 13.9 Å². The van der Waals surface area contributed by atoms with E-state index in [1.807, 2.05) is 12.1 Å². The molecule has 1 aromatic heterocycles. The van der Waals surface area contributed by atoms with Crippen molar-refractivity contribution in [3.05, 3.63) is 101 Å². The van der Waals surface area contributed by atoms with Crippen molar-refractivity contribution in [1.82, 2.24) is 0 Å². The van der Waals surface area contributed by atoms with Crippen molar-refractivity contribution in [3.8, 4) is 51.6 Å². The van der Waals surface area contributed by atoms with Gasteiger partial charge in [0, 0.05) is 46.5 Å². The zero-order valence-electron chi connectivity index (χ0n) is 22.4. The van der Waals surface area contributed by atoms with Crippen molar-refractivity contribution in [2.45, 2.75) is 31.0 Å². The normalized spacial score (nSPS) is 23.6. The van der Waals surface area contributed by atoms with Gasteiger partial charge in [-0.25, -0.2) is 0 Å². The molecular weight excluding hydrogens is 536 g/mol. The quantitative estimate of drug-likeness (QED) is 0.144. The summed E-state index contributed by atoms with van der Waals surface area (Å²) in [6, 6.07) is 19.4. The molecule has 0 radical (unpaired) electrons. The topological polar surface area (TPSA) is 133 Å². The number of benzene rings is 4. The van der Waals surface area contributed by atoms with Crippen LogP contribution in [0.4, 0.5) is 0 Å². The van der Waals surface area contributed by atoms with Gasteiger partial charge >= 0.3 is 0 Å². The Hall–Kier alpha value is -5.24. The summed E-state index contributed by atoms with van der Waals surface area (Å²) < 4.78 is 19.5. The molecule has 3 aliphatic rings. The van der Waals surface area contributed by atoms with E-state index in [1.165, 1.54) is 18.2 Å². The van der Waals surface area contributed by atoms with Crippen LogP contribution in [0.3, 0.4) is 0 Å². The summed E-state index contributed by atoms with van der Waals surface area (Å²) in [5, 5.41) is 53.9. The van der Waals surface area contributed by atoms with Crippen molar-refractivity contribution < 1.29 is 39.4 Å². The lowest BCUT2D eigenvalue weighted by Gasteiger charge is -2.55. The van der Waals surface area contributed by atoms with Gasteiger partial charge in [-0.05, 0) is 67.4 Å². The molecule has 0 spiro atoms. The Balaban J connectivity index is 1.38. The Kier molecular flexibility index (Phi) is 4.90. The van der Waals surface area contributed by atoms with Crippen LogP contribution in [0.1, 0.15) is 41.9 Å².